The zero-order valence-corrected chi connectivity index (χ0v) is 9.79. The quantitative estimate of drug-likeness (QED) is 0.520. The summed E-state index contributed by atoms with van der Waals surface area (Å²) >= 11 is 0. The van der Waals surface area contributed by atoms with Gasteiger partial charge in [-0.05, 0) is 19.9 Å². The van der Waals surface area contributed by atoms with Crippen LogP contribution >= 0.6 is 0 Å². The highest BCUT2D eigenvalue weighted by atomic mass is 16.5. The molecular formula is C11H22N2O2. The van der Waals surface area contributed by atoms with Gasteiger partial charge in [-0.15, -0.1) is 0 Å². The van der Waals surface area contributed by atoms with E-state index in [0.717, 1.165) is 32.4 Å². The molecule has 1 N–H and O–H groups in total. The monoisotopic (exact) mass is 214 g/mol. The first-order valence-electron chi connectivity index (χ1n) is 5.81. The van der Waals surface area contributed by atoms with Gasteiger partial charge in [0.25, 0.3) is 0 Å². The Balaban J connectivity index is 2.10. The van der Waals surface area contributed by atoms with Crippen molar-refractivity contribution in [2.45, 2.75) is 32.2 Å². The Kier molecular flexibility index (Phi) is 5.65. The lowest BCUT2D eigenvalue weighted by Gasteiger charge is -2.14. The molecule has 0 bridgehead atoms. The van der Waals surface area contributed by atoms with Crippen LogP contribution in [0.25, 0.3) is 0 Å². The third-order valence-corrected chi connectivity index (χ3v) is 2.79. The zero-order chi connectivity index (χ0) is 11.1. The molecule has 0 radical (unpaired) electrons. The number of likely N-dealkylation sites (N-methyl/N-ethyl adjacent to an activating group) is 1. The molecule has 4 heteroatoms. The summed E-state index contributed by atoms with van der Waals surface area (Å²) in [5, 5.41) is 3.23. The van der Waals surface area contributed by atoms with E-state index >= 15 is 0 Å². The minimum Gasteiger partial charge on any atom is -0.465 e. The second kappa shape index (κ2) is 6.80. The predicted molar refractivity (Wildman–Crippen MR) is 59.8 cm³/mol. The Morgan fingerprint density at radius 3 is 3.00 bits per heavy atom. The number of esters is 1. The maximum absolute atomic E-state index is 11.4. The van der Waals surface area contributed by atoms with Crippen LogP contribution in [0.15, 0.2) is 0 Å². The number of rotatable bonds is 6. The molecule has 1 fully saturated rings. The number of hydrogen-bond donors (Lipinski definition) is 1. The van der Waals surface area contributed by atoms with Crippen LogP contribution in [0.5, 0.6) is 0 Å². The third-order valence-electron chi connectivity index (χ3n) is 2.79. The van der Waals surface area contributed by atoms with Gasteiger partial charge in [0, 0.05) is 19.1 Å². The molecular weight excluding hydrogens is 192 g/mol. The summed E-state index contributed by atoms with van der Waals surface area (Å²) in [5.74, 6) is -0.0831. The molecule has 15 heavy (non-hydrogen) atoms. The fourth-order valence-electron chi connectivity index (χ4n) is 1.77. The molecule has 1 atom stereocenters. The Morgan fingerprint density at radius 1 is 1.60 bits per heavy atom. The lowest BCUT2D eigenvalue weighted by atomic mass is 10.3. The van der Waals surface area contributed by atoms with E-state index in [2.05, 4.69) is 17.1 Å². The van der Waals surface area contributed by atoms with Crippen molar-refractivity contribution >= 4 is 5.97 Å². The smallest absolute Gasteiger partial charge is 0.320 e. The number of likely N-dealkylation sites (tertiary alicyclic amines) is 1. The standard InChI is InChI=1S/C11H22N2O2/c1-3-4-7-15-11(14)9-13-6-5-10(8-13)12-2/h10,12H,3-9H2,1-2H3. The number of hydrogen-bond acceptors (Lipinski definition) is 4. The highest BCUT2D eigenvalue weighted by Gasteiger charge is 2.22. The summed E-state index contributed by atoms with van der Waals surface area (Å²) in [6, 6.07) is 0.536. The van der Waals surface area contributed by atoms with E-state index in [1.807, 2.05) is 7.05 Å². The van der Waals surface area contributed by atoms with Crippen LogP contribution in [0, 0.1) is 0 Å². The van der Waals surface area contributed by atoms with Gasteiger partial charge < -0.3 is 10.1 Å². The molecule has 0 amide bonds. The summed E-state index contributed by atoms with van der Waals surface area (Å²) in [6.07, 6.45) is 3.16. The molecule has 88 valence electrons. The Hall–Kier alpha value is -0.610. The summed E-state index contributed by atoms with van der Waals surface area (Å²) < 4.78 is 5.11. The van der Waals surface area contributed by atoms with Crippen LogP contribution in [0.4, 0.5) is 0 Å². The van der Waals surface area contributed by atoms with Crippen molar-refractivity contribution in [3.8, 4) is 0 Å². The number of nitrogens with zero attached hydrogens (tertiary/aromatic N) is 1. The fraction of sp³-hybridized carbons (Fsp3) is 0.909. The molecule has 0 saturated carbocycles. The van der Waals surface area contributed by atoms with Crippen LogP contribution in [0.2, 0.25) is 0 Å². The van der Waals surface area contributed by atoms with Crippen LogP contribution < -0.4 is 5.32 Å². The van der Waals surface area contributed by atoms with Gasteiger partial charge in [-0.2, -0.15) is 0 Å². The topological polar surface area (TPSA) is 41.6 Å². The second-order valence-corrected chi connectivity index (χ2v) is 4.08. The number of ether oxygens (including phenoxy) is 1. The zero-order valence-electron chi connectivity index (χ0n) is 9.79. The molecule has 1 heterocycles. The van der Waals surface area contributed by atoms with Gasteiger partial charge in [0.05, 0.1) is 13.2 Å². The average Bonchev–Trinajstić information content (AvgIpc) is 2.66. The number of nitrogens with one attached hydrogen (secondary N) is 1. The number of unbranched alkanes of at least 4 members (excludes halogenated alkanes) is 1. The SMILES string of the molecule is CCCCOC(=O)CN1CCC(NC)C1. The fourth-order valence-corrected chi connectivity index (χ4v) is 1.77. The van der Waals surface area contributed by atoms with Gasteiger partial charge in [0.2, 0.25) is 0 Å². The van der Waals surface area contributed by atoms with E-state index in [-0.39, 0.29) is 5.97 Å². The third kappa shape index (κ3) is 4.62. The highest BCUT2D eigenvalue weighted by Crippen LogP contribution is 2.08. The summed E-state index contributed by atoms with van der Waals surface area (Å²) in [6.45, 7) is 5.06. The molecule has 1 saturated heterocycles. The van der Waals surface area contributed by atoms with E-state index in [0.29, 0.717) is 19.2 Å². The molecule has 0 aliphatic carbocycles. The van der Waals surface area contributed by atoms with Crippen molar-refractivity contribution in [1.29, 1.82) is 0 Å². The van der Waals surface area contributed by atoms with E-state index < -0.39 is 0 Å². The first kappa shape index (κ1) is 12.5. The van der Waals surface area contributed by atoms with Crippen LogP contribution in [0.1, 0.15) is 26.2 Å². The van der Waals surface area contributed by atoms with Crippen molar-refractivity contribution < 1.29 is 9.53 Å². The van der Waals surface area contributed by atoms with Gasteiger partial charge in [-0.1, -0.05) is 13.3 Å². The minimum atomic E-state index is -0.0831. The molecule has 0 spiro atoms. The number of carbonyl (C=O) groups excluding carboxylic acids is 1. The first-order valence-corrected chi connectivity index (χ1v) is 5.81. The summed E-state index contributed by atoms with van der Waals surface area (Å²) in [4.78, 5) is 13.5. The lowest BCUT2D eigenvalue weighted by molar-refractivity contribution is -0.144. The second-order valence-electron chi connectivity index (χ2n) is 4.08. The van der Waals surface area contributed by atoms with Crippen molar-refractivity contribution in [2.24, 2.45) is 0 Å². The van der Waals surface area contributed by atoms with Crippen LogP contribution in [-0.2, 0) is 9.53 Å². The minimum absolute atomic E-state index is 0.0831. The molecule has 4 nitrogen and oxygen atoms in total. The van der Waals surface area contributed by atoms with Gasteiger partial charge in [0.15, 0.2) is 0 Å². The maximum atomic E-state index is 11.4. The van der Waals surface area contributed by atoms with Gasteiger partial charge in [-0.3, -0.25) is 9.69 Å². The molecule has 1 unspecified atom stereocenters. The van der Waals surface area contributed by atoms with Crippen molar-refractivity contribution in [2.75, 3.05) is 33.3 Å². The Bertz CT molecular complexity index is 197. The Morgan fingerprint density at radius 2 is 2.40 bits per heavy atom. The molecule has 0 aromatic carbocycles. The summed E-state index contributed by atoms with van der Waals surface area (Å²) in [5.41, 5.74) is 0. The van der Waals surface area contributed by atoms with Crippen molar-refractivity contribution in [3.63, 3.8) is 0 Å². The molecule has 0 aromatic heterocycles. The lowest BCUT2D eigenvalue weighted by Crippen LogP contribution is -2.33. The van der Waals surface area contributed by atoms with Crippen LogP contribution in [0.3, 0.4) is 0 Å². The normalized spacial score (nSPS) is 21.9. The highest BCUT2D eigenvalue weighted by molar-refractivity contribution is 5.71. The van der Waals surface area contributed by atoms with E-state index in [1.54, 1.807) is 0 Å². The van der Waals surface area contributed by atoms with Gasteiger partial charge >= 0.3 is 5.97 Å². The number of carbonyl (C=O) groups is 1. The van der Waals surface area contributed by atoms with Gasteiger partial charge in [-0.25, -0.2) is 0 Å². The Labute approximate surface area is 92.0 Å². The first-order chi connectivity index (χ1) is 7.26. The van der Waals surface area contributed by atoms with Crippen molar-refractivity contribution in [1.82, 2.24) is 10.2 Å². The predicted octanol–water partition coefficient (Wildman–Crippen LogP) is 0.623. The molecule has 1 aliphatic heterocycles. The average molecular weight is 214 g/mol. The molecule has 1 aliphatic rings. The maximum Gasteiger partial charge on any atom is 0.320 e. The molecule has 1 rings (SSSR count). The van der Waals surface area contributed by atoms with E-state index in [4.69, 9.17) is 4.74 Å². The summed E-state index contributed by atoms with van der Waals surface area (Å²) in [7, 11) is 1.97. The largest absolute Gasteiger partial charge is 0.465 e. The molecule has 0 aromatic rings. The van der Waals surface area contributed by atoms with E-state index in [9.17, 15) is 4.79 Å². The van der Waals surface area contributed by atoms with Gasteiger partial charge in [0.1, 0.15) is 0 Å². The van der Waals surface area contributed by atoms with Crippen molar-refractivity contribution in [3.05, 3.63) is 0 Å². The van der Waals surface area contributed by atoms with E-state index in [1.165, 1.54) is 0 Å². The van der Waals surface area contributed by atoms with Crippen LogP contribution in [-0.4, -0.2) is 50.2 Å².